The number of methoxy groups -OCH3 is 1. The summed E-state index contributed by atoms with van der Waals surface area (Å²) in [5.41, 5.74) is -0.0503. The molecule has 116 valence electrons. The molecule has 1 aliphatic rings. The molecule has 1 aliphatic heterocycles. The highest BCUT2D eigenvalue weighted by molar-refractivity contribution is 9.10. The van der Waals surface area contributed by atoms with Gasteiger partial charge >= 0.3 is 0 Å². The van der Waals surface area contributed by atoms with Gasteiger partial charge in [-0.25, -0.2) is 0 Å². The number of rotatable bonds is 4. The van der Waals surface area contributed by atoms with Crippen LogP contribution in [0.2, 0.25) is 0 Å². The van der Waals surface area contributed by atoms with Gasteiger partial charge in [-0.05, 0) is 47.9 Å². The zero-order valence-electron chi connectivity index (χ0n) is 12.2. The molecule has 2 rings (SSSR count). The van der Waals surface area contributed by atoms with Crippen LogP contribution in [0.4, 0.5) is 5.69 Å². The van der Waals surface area contributed by atoms with Gasteiger partial charge < -0.3 is 19.9 Å². The number of anilines is 1. The summed E-state index contributed by atoms with van der Waals surface area (Å²) in [4.78, 5) is 24.3. The summed E-state index contributed by atoms with van der Waals surface area (Å²) in [7, 11) is 3.26. The monoisotopic (exact) mass is 357 g/mol. The van der Waals surface area contributed by atoms with Crippen molar-refractivity contribution in [3.05, 3.63) is 27.1 Å². The molecule has 2 N–H and O–H groups in total. The van der Waals surface area contributed by atoms with E-state index in [4.69, 9.17) is 4.74 Å². The first kappa shape index (κ1) is 16.2. The zero-order valence-corrected chi connectivity index (χ0v) is 13.8. The van der Waals surface area contributed by atoms with E-state index in [0.717, 1.165) is 25.9 Å². The van der Waals surface area contributed by atoms with Gasteiger partial charge in [0.2, 0.25) is 5.91 Å². The molecule has 1 fully saturated rings. The number of piperidine rings is 1. The first-order chi connectivity index (χ1) is 9.98. The fraction of sp³-hybridized carbons (Fsp3) is 0.571. The number of carbonyl (C=O) groups excluding carboxylic acids is 1. The quantitative estimate of drug-likeness (QED) is 0.846. The van der Waals surface area contributed by atoms with Crippen molar-refractivity contribution in [3.8, 4) is 0 Å². The average molecular weight is 358 g/mol. The largest absolute Gasteiger partial charge is 0.384 e. The maximum absolute atomic E-state index is 12.7. The van der Waals surface area contributed by atoms with Crippen LogP contribution in [0.25, 0.3) is 0 Å². The second-order valence-corrected chi connectivity index (χ2v) is 6.26. The van der Waals surface area contributed by atoms with Crippen LogP contribution in [0.3, 0.4) is 0 Å². The molecule has 0 radical (unpaired) electrons. The van der Waals surface area contributed by atoms with Crippen LogP contribution in [-0.2, 0) is 16.6 Å². The number of aromatic nitrogens is 1. The van der Waals surface area contributed by atoms with Crippen molar-refractivity contribution < 1.29 is 9.53 Å². The normalized spacial score (nSPS) is 17.5. The number of carbonyl (C=O) groups is 1. The van der Waals surface area contributed by atoms with Gasteiger partial charge in [-0.3, -0.25) is 9.59 Å². The van der Waals surface area contributed by atoms with Crippen molar-refractivity contribution in [3.63, 3.8) is 0 Å². The van der Waals surface area contributed by atoms with Crippen molar-refractivity contribution in [1.82, 2.24) is 9.88 Å². The lowest BCUT2D eigenvalue weighted by atomic mass is 9.78. The Morgan fingerprint density at radius 1 is 1.52 bits per heavy atom. The minimum Gasteiger partial charge on any atom is -0.384 e. The van der Waals surface area contributed by atoms with Gasteiger partial charge in [0.1, 0.15) is 0 Å². The number of halogens is 1. The SMILES string of the molecule is COCC1(C(=O)Nc2cc(Br)c(=O)n(C)c2)CCNCC1. The lowest BCUT2D eigenvalue weighted by molar-refractivity contribution is -0.130. The summed E-state index contributed by atoms with van der Waals surface area (Å²) < 4.78 is 7.12. The van der Waals surface area contributed by atoms with Gasteiger partial charge in [0, 0.05) is 20.4 Å². The molecule has 1 aromatic heterocycles. The van der Waals surface area contributed by atoms with Crippen molar-refractivity contribution in [1.29, 1.82) is 0 Å². The molecule has 0 aliphatic carbocycles. The summed E-state index contributed by atoms with van der Waals surface area (Å²) in [5, 5.41) is 6.16. The molecule has 21 heavy (non-hydrogen) atoms. The minimum absolute atomic E-state index is 0.0589. The van der Waals surface area contributed by atoms with Gasteiger partial charge in [0.05, 0.1) is 22.2 Å². The molecule has 0 aromatic carbocycles. The molecular weight excluding hydrogens is 338 g/mol. The van der Waals surface area contributed by atoms with E-state index in [9.17, 15) is 9.59 Å². The maximum Gasteiger partial charge on any atom is 0.264 e. The predicted molar refractivity (Wildman–Crippen MR) is 84.4 cm³/mol. The average Bonchev–Trinajstić information content (AvgIpc) is 2.46. The lowest BCUT2D eigenvalue weighted by Crippen LogP contribution is -2.47. The third-order valence-corrected chi connectivity index (χ3v) is 4.43. The Bertz CT molecular complexity index is 548. The molecule has 1 amide bonds. The Morgan fingerprint density at radius 2 is 2.19 bits per heavy atom. The first-order valence-corrected chi connectivity index (χ1v) is 7.65. The van der Waals surface area contributed by atoms with Crippen LogP contribution < -0.4 is 16.2 Å². The third kappa shape index (κ3) is 3.53. The molecule has 0 atom stereocenters. The number of nitrogens with one attached hydrogen (secondary N) is 2. The second-order valence-electron chi connectivity index (χ2n) is 5.41. The van der Waals surface area contributed by atoms with Crippen molar-refractivity contribution in [2.24, 2.45) is 12.5 Å². The minimum atomic E-state index is -0.513. The standard InChI is InChI=1S/C14H20BrN3O3/c1-18-8-10(7-11(15)12(18)19)17-13(20)14(9-21-2)3-5-16-6-4-14/h7-8,16H,3-6,9H2,1-2H3,(H,17,20). The van der Waals surface area contributed by atoms with Crippen LogP contribution in [-0.4, -0.2) is 37.3 Å². The van der Waals surface area contributed by atoms with E-state index in [2.05, 4.69) is 26.6 Å². The summed E-state index contributed by atoms with van der Waals surface area (Å²) >= 11 is 3.21. The number of hydrogen-bond acceptors (Lipinski definition) is 4. The van der Waals surface area contributed by atoms with Crippen LogP contribution in [0.1, 0.15) is 12.8 Å². The van der Waals surface area contributed by atoms with E-state index < -0.39 is 5.41 Å². The van der Waals surface area contributed by atoms with Crippen LogP contribution in [0, 0.1) is 5.41 Å². The Labute approximate surface area is 132 Å². The van der Waals surface area contributed by atoms with E-state index in [0.29, 0.717) is 16.8 Å². The molecular formula is C14H20BrN3O3. The van der Waals surface area contributed by atoms with Crippen molar-refractivity contribution >= 4 is 27.5 Å². The summed E-state index contributed by atoms with van der Waals surface area (Å²) in [6.45, 7) is 1.99. The highest BCUT2D eigenvalue weighted by Crippen LogP contribution is 2.31. The molecule has 6 nitrogen and oxygen atoms in total. The van der Waals surface area contributed by atoms with Crippen LogP contribution in [0.5, 0.6) is 0 Å². The smallest absolute Gasteiger partial charge is 0.264 e. The van der Waals surface area contributed by atoms with E-state index in [1.807, 2.05) is 0 Å². The number of ether oxygens (including phenoxy) is 1. The highest BCUT2D eigenvalue weighted by Gasteiger charge is 2.39. The molecule has 0 unspecified atom stereocenters. The van der Waals surface area contributed by atoms with E-state index in [-0.39, 0.29) is 11.5 Å². The van der Waals surface area contributed by atoms with E-state index in [1.54, 1.807) is 26.4 Å². The fourth-order valence-electron chi connectivity index (χ4n) is 2.62. The summed E-state index contributed by atoms with van der Waals surface area (Å²) in [6, 6.07) is 1.63. The van der Waals surface area contributed by atoms with Gasteiger partial charge in [-0.1, -0.05) is 0 Å². The Morgan fingerprint density at radius 3 is 2.76 bits per heavy atom. The zero-order chi connectivity index (χ0) is 15.5. The number of aryl methyl sites for hydroxylation is 1. The number of pyridine rings is 1. The Hall–Kier alpha value is -1.18. The molecule has 2 heterocycles. The highest BCUT2D eigenvalue weighted by atomic mass is 79.9. The molecule has 1 aromatic rings. The lowest BCUT2D eigenvalue weighted by Gasteiger charge is -2.35. The van der Waals surface area contributed by atoms with Crippen molar-refractivity contribution in [2.45, 2.75) is 12.8 Å². The Balaban J connectivity index is 2.21. The Kier molecular flexibility index (Phi) is 5.18. The summed E-state index contributed by atoms with van der Waals surface area (Å²) in [6.07, 6.45) is 3.09. The first-order valence-electron chi connectivity index (χ1n) is 6.86. The molecule has 0 bridgehead atoms. The molecule has 0 saturated carbocycles. The van der Waals surface area contributed by atoms with Crippen LogP contribution >= 0.6 is 15.9 Å². The topological polar surface area (TPSA) is 72.4 Å². The van der Waals surface area contributed by atoms with Gasteiger partial charge in [0.15, 0.2) is 0 Å². The van der Waals surface area contributed by atoms with E-state index in [1.165, 1.54) is 4.57 Å². The number of amides is 1. The van der Waals surface area contributed by atoms with E-state index >= 15 is 0 Å². The second kappa shape index (κ2) is 6.72. The van der Waals surface area contributed by atoms with Gasteiger partial charge in [-0.15, -0.1) is 0 Å². The number of hydrogen-bond donors (Lipinski definition) is 2. The van der Waals surface area contributed by atoms with Crippen LogP contribution in [0.15, 0.2) is 21.5 Å². The fourth-order valence-corrected chi connectivity index (χ4v) is 3.15. The van der Waals surface area contributed by atoms with Gasteiger partial charge in [0.25, 0.3) is 5.56 Å². The summed E-state index contributed by atoms with van der Waals surface area (Å²) in [5.74, 6) is -0.0589. The predicted octanol–water partition coefficient (Wildman–Crippen LogP) is 1.10. The maximum atomic E-state index is 12.7. The van der Waals surface area contributed by atoms with Gasteiger partial charge in [-0.2, -0.15) is 0 Å². The molecule has 7 heteroatoms. The molecule has 1 saturated heterocycles. The third-order valence-electron chi connectivity index (χ3n) is 3.86. The molecule has 0 spiro atoms. The number of nitrogens with zero attached hydrogens (tertiary/aromatic N) is 1. The van der Waals surface area contributed by atoms with Crippen molar-refractivity contribution in [2.75, 3.05) is 32.1 Å².